The number of nitrogens with zero attached hydrogens (tertiary/aromatic N) is 1. The number of rotatable bonds is 3. The lowest BCUT2D eigenvalue weighted by Crippen LogP contribution is -2.61. The fourth-order valence-electron chi connectivity index (χ4n) is 6.39. The molecule has 0 aromatic heterocycles. The van der Waals surface area contributed by atoms with Crippen molar-refractivity contribution >= 4 is 5.97 Å². The Hall–Kier alpha value is -0.780. The van der Waals surface area contributed by atoms with E-state index in [1.165, 1.54) is 0 Å². The summed E-state index contributed by atoms with van der Waals surface area (Å²) in [6.07, 6.45) is -0.126. The van der Waals surface area contributed by atoms with Crippen molar-refractivity contribution < 1.29 is 22.7 Å². The Balaban J connectivity index is 1.96. The molecule has 3 fully saturated rings. The predicted octanol–water partition coefficient (Wildman–Crippen LogP) is 3.38. The van der Waals surface area contributed by atoms with Crippen LogP contribution in [0.5, 0.6) is 0 Å². The van der Waals surface area contributed by atoms with Gasteiger partial charge in [-0.1, -0.05) is 6.92 Å². The van der Waals surface area contributed by atoms with Crippen molar-refractivity contribution in [1.82, 2.24) is 4.90 Å². The standard InChI is InChI=1S/C16H24F3NO2/c1-4-14-10-5-6-11(9-10)15(14,20(2)3)8-7-12(14)22-13(21)16(17,18)19/h10-12H,4-9H2,1-3H3/t10-,11+,12?,14-,15+/m0/s1. The van der Waals surface area contributed by atoms with Crippen LogP contribution in [0.4, 0.5) is 13.2 Å². The van der Waals surface area contributed by atoms with Crippen LogP contribution in [0.25, 0.3) is 0 Å². The van der Waals surface area contributed by atoms with Gasteiger partial charge in [-0.15, -0.1) is 0 Å². The van der Waals surface area contributed by atoms with Crippen molar-refractivity contribution in [2.45, 2.75) is 63.3 Å². The van der Waals surface area contributed by atoms with Crippen LogP contribution in [0.15, 0.2) is 0 Å². The van der Waals surface area contributed by atoms with E-state index in [1.54, 1.807) is 0 Å². The van der Waals surface area contributed by atoms with E-state index in [9.17, 15) is 18.0 Å². The Morgan fingerprint density at radius 3 is 2.41 bits per heavy atom. The average molecular weight is 319 g/mol. The second-order valence-corrected chi connectivity index (χ2v) is 7.35. The number of halogens is 3. The molecule has 2 bridgehead atoms. The van der Waals surface area contributed by atoms with E-state index in [1.807, 2.05) is 21.0 Å². The summed E-state index contributed by atoms with van der Waals surface area (Å²) in [6, 6.07) is 0. The molecule has 0 radical (unpaired) electrons. The summed E-state index contributed by atoms with van der Waals surface area (Å²) < 4.78 is 42.9. The second kappa shape index (κ2) is 4.86. The summed E-state index contributed by atoms with van der Waals surface area (Å²) in [5.74, 6) is -1.14. The molecule has 0 amide bonds. The van der Waals surface area contributed by atoms with Gasteiger partial charge < -0.3 is 9.64 Å². The maximum absolute atomic E-state index is 12.6. The first-order chi connectivity index (χ1) is 10.2. The van der Waals surface area contributed by atoms with Gasteiger partial charge >= 0.3 is 12.1 Å². The first-order valence-corrected chi connectivity index (χ1v) is 8.15. The number of esters is 1. The molecule has 0 N–H and O–H groups in total. The second-order valence-electron chi connectivity index (χ2n) is 7.35. The van der Waals surface area contributed by atoms with Crippen LogP contribution in [-0.2, 0) is 9.53 Å². The molecule has 126 valence electrons. The molecule has 3 aliphatic carbocycles. The smallest absolute Gasteiger partial charge is 0.455 e. The number of carbonyl (C=O) groups excluding carboxylic acids is 1. The zero-order valence-corrected chi connectivity index (χ0v) is 13.4. The molecule has 0 spiro atoms. The van der Waals surface area contributed by atoms with Gasteiger partial charge in [0.1, 0.15) is 6.10 Å². The fourth-order valence-corrected chi connectivity index (χ4v) is 6.39. The molecule has 3 aliphatic rings. The quantitative estimate of drug-likeness (QED) is 0.747. The van der Waals surface area contributed by atoms with Crippen LogP contribution in [-0.4, -0.2) is 42.8 Å². The van der Waals surface area contributed by atoms with Gasteiger partial charge in [0, 0.05) is 11.0 Å². The molecular weight excluding hydrogens is 295 g/mol. The third-order valence-electron chi connectivity index (χ3n) is 6.87. The number of alkyl halides is 3. The van der Waals surface area contributed by atoms with Gasteiger partial charge in [0.25, 0.3) is 0 Å². The summed E-state index contributed by atoms with van der Waals surface area (Å²) in [7, 11) is 4.05. The van der Waals surface area contributed by atoms with Crippen molar-refractivity contribution in [3.8, 4) is 0 Å². The van der Waals surface area contributed by atoms with Crippen molar-refractivity contribution in [2.24, 2.45) is 17.3 Å². The number of ether oxygens (including phenoxy) is 1. The molecular formula is C16H24F3NO2. The molecule has 0 aliphatic heterocycles. The number of fused-ring (bicyclic) bond motifs is 5. The molecule has 6 heteroatoms. The van der Waals surface area contributed by atoms with Gasteiger partial charge in [-0.2, -0.15) is 13.2 Å². The van der Waals surface area contributed by atoms with Gasteiger partial charge in [0.05, 0.1) is 0 Å². The van der Waals surface area contributed by atoms with E-state index in [-0.39, 0.29) is 11.0 Å². The highest BCUT2D eigenvalue weighted by atomic mass is 19.4. The third-order valence-corrected chi connectivity index (χ3v) is 6.87. The first kappa shape index (κ1) is 16.1. The molecule has 0 heterocycles. The zero-order chi connectivity index (χ0) is 16.3. The van der Waals surface area contributed by atoms with Crippen molar-refractivity contribution in [3.05, 3.63) is 0 Å². The number of carbonyl (C=O) groups is 1. The largest absolute Gasteiger partial charge is 0.490 e. The monoisotopic (exact) mass is 319 g/mol. The zero-order valence-electron chi connectivity index (χ0n) is 13.4. The summed E-state index contributed by atoms with van der Waals surface area (Å²) in [5, 5.41) is 0. The number of hydrogen-bond donors (Lipinski definition) is 0. The topological polar surface area (TPSA) is 29.5 Å². The lowest BCUT2D eigenvalue weighted by Gasteiger charge is -2.54. The minimum absolute atomic E-state index is 0.110. The molecule has 0 aromatic carbocycles. The molecule has 3 nitrogen and oxygen atoms in total. The van der Waals surface area contributed by atoms with Crippen LogP contribution in [0.1, 0.15) is 45.4 Å². The summed E-state index contributed by atoms with van der Waals surface area (Å²) in [6.45, 7) is 2.04. The van der Waals surface area contributed by atoms with Crippen LogP contribution >= 0.6 is 0 Å². The maximum Gasteiger partial charge on any atom is 0.490 e. The van der Waals surface area contributed by atoms with Gasteiger partial charge in [-0.05, 0) is 64.5 Å². The predicted molar refractivity (Wildman–Crippen MR) is 75.1 cm³/mol. The van der Waals surface area contributed by atoms with Crippen molar-refractivity contribution in [1.29, 1.82) is 0 Å². The summed E-state index contributed by atoms with van der Waals surface area (Å²) >= 11 is 0. The van der Waals surface area contributed by atoms with E-state index in [0.29, 0.717) is 18.3 Å². The molecule has 0 aromatic rings. The van der Waals surface area contributed by atoms with Crippen LogP contribution < -0.4 is 0 Å². The van der Waals surface area contributed by atoms with E-state index in [2.05, 4.69) is 4.90 Å². The molecule has 3 rings (SSSR count). The van der Waals surface area contributed by atoms with Crippen molar-refractivity contribution in [3.63, 3.8) is 0 Å². The molecule has 0 saturated heterocycles. The highest BCUT2D eigenvalue weighted by Crippen LogP contribution is 2.71. The fraction of sp³-hybridized carbons (Fsp3) is 0.938. The minimum atomic E-state index is -4.91. The molecule has 5 atom stereocenters. The molecule has 3 saturated carbocycles. The Labute approximate surface area is 129 Å². The first-order valence-electron chi connectivity index (χ1n) is 8.15. The van der Waals surface area contributed by atoms with E-state index < -0.39 is 18.2 Å². The molecule has 1 unspecified atom stereocenters. The lowest BCUT2D eigenvalue weighted by atomic mass is 9.60. The normalized spacial score (nSPS) is 43.7. The van der Waals surface area contributed by atoms with Gasteiger partial charge in [-0.3, -0.25) is 0 Å². The van der Waals surface area contributed by atoms with Crippen molar-refractivity contribution in [2.75, 3.05) is 14.1 Å². The van der Waals surface area contributed by atoms with Crippen LogP contribution in [0.2, 0.25) is 0 Å². The van der Waals surface area contributed by atoms with Crippen LogP contribution in [0.3, 0.4) is 0 Å². The van der Waals surface area contributed by atoms with Gasteiger partial charge in [-0.25, -0.2) is 4.79 Å². The lowest BCUT2D eigenvalue weighted by molar-refractivity contribution is -0.214. The Kier molecular flexibility index (Phi) is 3.55. The highest BCUT2D eigenvalue weighted by Gasteiger charge is 2.73. The van der Waals surface area contributed by atoms with Gasteiger partial charge in [0.2, 0.25) is 0 Å². The third kappa shape index (κ3) is 1.76. The van der Waals surface area contributed by atoms with E-state index in [4.69, 9.17) is 4.74 Å². The summed E-state index contributed by atoms with van der Waals surface area (Å²) in [4.78, 5) is 13.6. The highest BCUT2D eigenvalue weighted by molar-refractivity contribution is 5.76. The summed E-state index contributed by atoms with van der Waals surface area (Å²) in [5.41, 5.74) is -0.429. The van der Waals surface area contributed by atoms with Gasteiger partial charge in [0.15, 0.2) is 0 Å². The minimum Gasteiger partial charge on any atom is -0.455 e. The SMILES string of the molecule is CC[C@]12C(OC(=O)C(F)(F)F)CC[C@@]1(N(C)C)[C@@H]1CC[C@H]2C1. The Morgan fingerprint density at radius 1 is 1.23 bits per heavy atom. The Morgan fingerprint density at radius 2 is 1.86 bits per heavy atom. The van der Waals surface area contributed by atoms with E-state index in [0.717, 1.165) is 32.1 Å². The van der Waals surface area contributed by atoms with E-state index >= 15 is 0 Å². The molecule has 22 heavy (non-hydrogen) atoms. The van der Waals surface area contributed by atoms with Crippen LogP contribution in [0, 0.1) is 17.3 Å². The maximum atomic E-state index is 12.6. The number of hydrogen-bond acceptors (Lipinski definition) is 3. The Bertz CT molecular complexity index is 479. The average Bonchev–Trinajstić information content (AvgIpc) is 3.07.